The van der Waals surface area contributed by atoms with Gasteiger partial charge in [0.2, 0.25) is 6.79 Å². The predicted octanol–water partition coefficient (Wildman–Crippen LogP) is 5.42. The summed E-state index contributed by atoms with van der Waals surface area (Å²) in [6, 6.07) is 13.9. The molecule has 2 bridgehead atoms. The fourth-order valence-electron chi connectivity index (χ4n) is 6.83. The summed E-state index contributed by atoms with van der Waals surface area (Å²) in [5.41, 5.74) is 3.60. The minimum atomic E-state index is -0.114. The SMILES string of the molecule is CCOC(=O)N1C2CCC1CC(N1CCC(c3cc(-c4ccc5c(c4)OCO5)ccc3OC)CC1)C2. The van der Waals surface area contributed by atoms with Crippen LogP contribution in [0.25, 0.3) is 11.1 Å². The van der Waals surface area contributed by atoms with Crippen molar-refractivity contribution in [2.45, 2.75) is 69.5 Å². The molecule has 4 aliphatic rings. The number of rotatable bonds is 5. The molecule has 0 spiro atoms. The molecule has 3 fully saturated rings. The highest BCUT2D eigenvalue weighted by Gasteiger charge is 2.45. The van der Waals surface area contributed by atoms with E-state index in [2.05, 4.69) is 35.2 Å². The van der Waals surface area contributed by atoms with Gasteiger partial charge in [-0.15, -0.1) is 0 Å². The Balaban J connectivity index is 1.13. The first-order valence-electron chi connectivity index (χ1n) is 13.4. The van der Waals surface area contributed by atoms with Crippen LogP contribution >= 0.6 is 0 Å². The molecular formula is C29H36N2O5. The number of fused-ring (bicyclic) bond motifs is 3. The number of benzene rings is 2. The number of piperidine rings is 2. The van der Waals surface area contributed by atoms with E-state index in [0.29, 0.717) is 30.7 Å². The summed E-state index contributed by atoms with van der Waals surface area (Å²) < 4.78 is 22.2. The quantitative estimate of drug-likeness (QED) is 0.555. The van der Waals surface area contributed by atoms with Crippen molar-refractivity contribution in [3.63, 3.8) is 0 Å². The zero-order valence-corrected chi connectivity index (χ0v) is 21.3. The van der Waals surface area contributed by atoms with Crippen molar-refractivity contribution >= 4 is 6.09 Å². The van der Waals surface area contributed by atoms with Gasteiger partial charge in [-0.3, -0.25) is 0 Å². The highest BCUT2D eigenvalue weighted by atomic mass is 16.7. The molecule has 0 aromatic heterocycles. The monoisotopic (exact) mass is 492 g/mol. The van der Waals surface area contributed by atoms with Crippen molar-refractivity contribution in [3.05, 3.63) is 42.0 Å². The molecule has 192 valence electrons. The van der Waals surface area contributed by atoms with Gasteiger partial charge in [0.25, 0.3) is 0 Å². The van der Waals surface area contributed by atoms with E-state index >= 15 is 0 Å². The summed E-state index contributed by atoms with van der Waals surface area (Å²) >= 11 is 0. The van der Waals surface area contributed by atoms with E-state index in [1.807, 2.05) is 17.9 Å². The second-order valence-corrected chi connectivity index (χ2v) is 10.5. The van der Waals surface area contributed by atoms with E-state index in [1.54, 1.807) is 7.11 Å². The first kappa shape index (κ1) is 23.5. The largest absolute Gasteiger partial charge is 0.496 e. The van der Waals surface area contributed by atoms with E-state index in [4.69, 9.17) is 18.9 Å². The number of ether oxygens (including phenoxy) is 4. The van der Waals surface area contributed by atoms with Gasteiger partial charge in [-0.25, -0.2) is 4.79 Å². The fourth-order valence-corrected chi connectivity index (χ4v) is 6.83. The van der Waals surface area contributed by atoms with Crippen LogP contribution in [0.5, 0.6) is 17.2 Å². The zero-order valence-electron chi connectivity index (χ0n) is 21.3. The smallest absolute Gasteiger partial charge is 0.410 e. The van der Waals surface area contributed by atoms with Gasteiger partial charge < -0.3 is 28.7 Å². The van der Waals surface area contributed by atoms with Crippen LogP contribution < -0.4 is 14.2 Å². The number of likely N-dealkylation sites (tertiary alicyclic amines) is 1. The van der Waals surface area contributed by atoms with Gasteiger partial charge in [0.1, 0.15) is 5.75 Å². The van der Waals surface area contributed by atoms with E-state index in [0.717, 1.165) is 74.4 Å². The highest BCUT2D eigenvalue weighted by molar-refractivity contribution is 5.70. The maximum atomic E-state index is 12.5. The van der Waals surface area contributed by atoms with Crippen LogP contribution in [-0.2, 0) is 4.74 Å². The summed E-state index contributed by atoms with van der Waals surface area (Å²) in [5.74, 6) is 3.06. The number of hydrogen-bond donors (Lipinski definition) is 0. The van der Waals surface area contributed by atoms with Gasteiger partial charge >= 0.3 is 6.09 Å². The molecule has 2 aromatic rings. The van der Waals surface area contributed by atoms with Crippen molar-refractivity contribution in [2.75, 3.05) is 33.6 Å². The van der Waals surface area contributed by atoms with Gasteiger partial charge in [0.15, 0.2) is 11.5 Å². The van der Waals surface area contributed by atoms with Crippen LogP contribution in [0.15, 0.2) is 36.4 Å². The van der Waals surface area contributed by atoms with E-state index in [-0.39, 0.29) is 12.9 Å². The lowest BCUT2D eigenvalue weighted by Crippen LogP contribution is -2.53. The fraction of sp³-hybridized carbons (Fsp3) is 0.552. The third kappa shape index (κ3) is 4.27. The lowest BCUT2D eigenvalue weighted by Gasteiger charge is -2.45. The maximum Gasteiger partial charge on any atom is 0.410 e. The molecule has 2 unspecified atom stereocenters. The first-order chi connectivity index (χ1) is 17.6. The van der Waals surface area contributed by atoms with Crippen molar-refractivity contribution in [1.29, 1.82) is 0 Å². The molecule has 0 radical (unpaired) electrons. The summed E-state index contributed by atoms with van der Waals surface area (Å²) in [4.78, 5) is 17.2. The molecule has 1 amide bonds. The minimum absolute atomic E-state index is 0.114. The number of methoxy groups -OCH3 is 1. The molecule has 4 aliphatic heterocycles. The van der Waals surface area contributed by atoms with Gasteiger partial charge in [0.05, 0.1) is 13.7 Å². The van der Waals surface area contributed by atoms with Crippen molar-refractivity contribution < 1.29 is 23.7 Å². The summed E-state index contributed by atoms with van der Waals surface area (Å²) in [6.45, 7) is 4.80. The molecule has 2 atom stereocenters. The predicted molar refractivity (Wildman–Crippen MR) is 137 cm³/mol. The molecular weight excluding hydrogens is 456 g/mol. The third-order valence-corrected chi connectivity index (χ3v) is 8.61. The van der Waals surface area contributed by atoms with E-state index in [9.17, 15) is 4.79 Å². The second-order valence-electron chi connectivity index (χ2n) is 10.5. The number of nitrogens with zero attached hydrogens (tertiary/aromatic N) is 2. The summed E-state index contributed by atoms with van der Waals surface area (Å²) in [6.07, 6.45) is 6.49. The van der Waals surface area contributed by atoms with Crippen molar-refractivity contribution in [2.24, 2.45) is 0 Å². The molecule has 0 aliphatic carbocycles. The Labute approximate surface area is 213 Å². The number of carbonyl (C=O) groups is 1. The van der Waals surface area contributed by atoms with Crippen LogP contribution in [0.2, 0.25) is 0 Å². The van der Waals surface area contributed by atoms with Crippen LogP contribution in [-0.4, -0.2) is 67.6 Å². The minimum Gasteiger partial charge on any atom is -0.496 e. The van der Waals surface area contributed by atoms with Crippen LogP contribution in [0.1, 0.15) is 56.9 Å². The summed E-state index contributed by atoms with van der Waals surface area (Å²) in [5, 5.41) is 0. The lowest BCUT2D eigenvalue weighted by atomic mass is 9.85. The molecule has 0 saturated carbocycles. The molecule has 4 heterocycles. The average Bonchev–Trinajstić information content (AvgIpc) is 3.49. The Bertz CT molecular complexity index is 1100. The van der Waals surface area contributed by atoms with E-state index in [1.165, 1.54) is 11.1 Å². The number of hydrogen-bond acceptors (Lipinski definition) is 6. The Hall–Kier alpha value is -2.93. The Morgan fingerprint density at radius 3 is 2.33 bits per heavy atom. The molecule has 7 nitrogen and oxygen atoms in total. The molecule has 3 saturated heterocycles. The van der Waals surface area contributed by atoms with Gasteiger partial charge in [-0.1, -0.05) is 12.1 Å². The van der Waals surface area contributed by atoms with Gasteiger partial charge in [-0.2, -0.15) is 0 Å². The molecule has 36 heavy (non-hydrogen) atoms. The van der Waals surface area contributed by atoms with Crippen molar-refractivity contribution in [3.8, 4) is 28.4 Å². The second kappa shape index (κ2) is 9.85. The average molecular weight is 493 g/mol. The van der Waals surface area contributed by atoms with Gasteiger partial charge in [0, 0.05) is 18.1 Å². The Morgan fingerprint density at radius 2 is 1.61 bits per heavy atom. The van der Waals surface area contributed by atoms with Crippen molar-refractivity contribution in [1.82, 2.24) is 9.80 Å². The lowest BCUT2D eigenvalue weighted by molar-refractivity contribution is 0.0340. The van der Waals surface area contributed by atoms with Crippen LogP contribution in [0.4, 0.5) is 4.79 Å². The molecule has 7 heteroatoms. The van der Waals surface area contributed by atoms with Crippen LogP contribution in [0.3, 0.4) is 0 Å². The Morgan fingerprint density at radius 1 is 0.917 bits per heavy atom. The van der Waals surface area contributed by atoms with Crippen LogP contribution in [0, 0.1) is 0 Å². The number of carbonyl (C=O) groups excluding carboxylic acids is 1. The molecule has 0 N–H and O–H groups in total. The third-order valence-electron chi connectivity index (χ3n) is 8.61. The number of amides is 1. The summed E-state index contributed by atoms with van der Waals surface area (Å²) in [7, 11) is 1.77. The molecule has 2 aromatic carbocycles. The van der Waals surface area contributed by atoms with Gasteiger partial charge in [-0.05, 0) is 105 Å². The first-order valence-corrected chi connectivity index (χ1v) is 13.4. The standard InChI is InChI=1S/C29H36N2O5/c1-3-34-29(32)31-22-6-7-23(31)17-24(16-22)30-12-10-19(11-13-30)25-14-20(4-8-26(25)33-2)21-5-9-27-28(15-21)36-18-35-27/h4-5,8-9,14-15,19,22-24H,3,6-7,10-13,16-18H2,1-2H3. The maximum absolute atomic E-state index is 12.5. The Kier molecular flexibility index (Phi) is 6.42. The zero-order chi connectivity index (χ0) is 24.6. The van der Waals surface area contributed by atoms with E-state index < -0.39 is 0 Å². The normalized spacial score (nSPS) is 25.7. The topological polar surface area (TPSA) is 60.5 Å². The highest BCUT2D eigenvalue weighted by Crippen LogP contribution is 2.42. The molecule has 6 rings (SSSR count).